The predicted molar refractivity (Wildman–Crippen MR) is 68.1 cm³/mol. The van der Waals surface area contributed by atoms with Gasteiger partial charge in [0.1, 0.15) is 11.6 Å². The number of fused-ring (bicyclic) bond motifs is 1. The molecule has 3 rings (SSSR count). The number of nitrogens with one attached hydrogen (secondary N) is 1. The van der Waals surface area contributed by atoms with Crippen molar-refractivity contribution in [3.63, 3.8) is 0 Å². The zero-order valence-corrected chi connectivity index (χ0v) is 10.8. The summed E-state index contributed by atoms with van der Waals surface area (Å²) in [6.45, 7) is 0.658. The lowest BCUT2D eigenvalue weighted by Gasteiger charge is -2.52. The number of carbonyl (C=O) groups excluding carboxylic acids is 1. The fourth-order valence-electron chi connectivity index (χ4n) is 3.03. The molecule has 1 aliphatic heterocycles. The smallest absolute Gasteiger partial charge is 0.254 e. The number of carbonyl (C=O) groups is 1. The van der Waals surface area contributed by atoms with Crippen molar-refractivity contribution in [3.05, 3.63) is 35.4 Å². The van der Waals surface area contributed by atoms with Crippen LogP contribution in [0.2, 0.25) is 0 Å². The van der Waals surface area contributed by atoms with E-state index in [9.17, 15) is 13.6 Å². The van der Waals surface area contributed by atoms with Gasteiger partial charge < -0.3 is 15.8 Å². The van der Waals surface area contributed by atoms with E-state index in [1.54, 1.807) is 0 Å². The molecule has 1 aromatic carbocycles. The van der Waals surface area contributed by atoms with Crippen LogP contribution in [0.25, 0.3) is 0 Å². The number of amides is 1. The van der Waals surface area contributed by atoms with Gasteiger partial charge in [0.05, 0.1) is 17.7 Å². The summed E-state index contributed by atoms with van der Waals surface area (Å²) in [4.78, 5) is 12.0. The van der Waals surface area contributed by atoms with Crippen LogP contribution >= 0.6 is 0 Å². The second-order valence-electron chi connectivity index (χ2n) is 5.34. The van der Waals surface area contributed by atoms with Gasteiger partial charge in [0, 0.05) is 24.6 Å². The predicted octanol–water partition coefficient (Wildman–Crippen LogP) is 1.20. The highest BCUT2D eigenvalue weighted by Crippen LogP contribution is 2.37. The molecule has 4 nitrogen and oxygen atoms in total. The molecule has 108 valence electrons. The first-order chi connectivity index (χ1) is 9.58. The van der Waals surface area contributed by atoms with E-state index in [2.05, 4.69) is 5.32 Å². The Balaban J connectivity index is 1.70. The third-order valence-electron chi connectivity index (χ3n) is 4.15. The fraction of sp³-hybridized carbons (Fsp3) is 0.500. The molecule has 1 aliphatic carbocycles. The van der Waals surface area contributed by atoms with Gasteiger partial charge in [-0.2, -0.15) is 0 Å². The van der Waals surface area contributed by atoms with E-state index >= 15 is 0 Å². The van der Waals surface area contributed by atoms with E-state index in [4.69, 9.17) is 10.5 Å². The van der Waals surface area contributed by atoms with E-state index < -0.39 is 17.5 Å². The maximum Gasteiger partial charge on any atom is 0.254 e. The lowest BCUT2D eigenvalue weighted by atomic mass is 9.68. The van der Waals surface area contributed by atoms with E-state index in [-0.39, 0.29) is 29.7 Å². The highest BCUT2D eigenvalue weighted by atomic mass is 19.1. The quantitative estimate of drug-likeness (QED) is 0.856. The molecular formula is C14H16F2N2O2. The zero-order chi connectivity index (χ0) is 14.3. The molecule has 1 amide bonds. The molecule has 0 aromatic heterocycles. The Kier molecular flexibility index (Phi) is 3.43. The van der Waals surface area contributed by atoms with Gasteiger partial charge in [-0.15, -0.1) is 0 Å². The van der Waals surface area contributed by atoms with Crippen LogP contribution in [0.5, 0.6) is 0 Å². The molecule has 0 spiro atoms. The van der Waals surface area contributed by atoms with Crippen molar-refractivity contribution >= 4 is 5.91 Å². The summed E-state index contributed by atoms with van der Waals surface area (Å²) in [6.07, 6.45) is 1.87. The van der Waals surface area contributed by atoms with Gasteiger partial charge in [-0.25, -0.2) is 8.78 Å². The van der Waals surface area contributed by atoms with Gasteiger partial charge in [0.2, 0.25) is 0 Å². The van der Waals surface area contributed by atoms with Crippen molar-refractivity contribution < 1.29 is 18.3 Å². The Morgan fingerprint density at radius 2 is 2.20 bits per heavy atom. The largest absolute Gasteiger partial charge is 0.376 e. The first-order valence-corrected chi connectivity index (χ1v) is 6.71. The highest BCUT2D eigenvalue weighted by molar-refractivity contribution is 5.94. The molecule has 6 heteroatoms. The number of benzene rings is 1. The monoisotopic (exact) mass is 282 g/mol. The van der Waals surface area contributed by atoms with Crippen molar-refractivity contribution in [1.29, 1.82) is 0 Å². The number of nitrogens with two attached hydrogens (primary N) is 1. The molecule has 1 saturated heterocycles. The number of ether oxygens (including phenoxy) is 1. The average molecular weight is 282 g/mol. The van der Waals surface area contributed by atoms with Crippen LogP contribution in [0, 0.1) is 17.6 Å². The van der Waals surface area contributed by atoms with Gasteiger partial charge in [-0.1, -0.05) is 0 Å². The number of rotatable bonds is 2. The minimum Gasteiger partial charge on any atom is -0.376 e. The summed E-state index contributed by atoms with van der Waals surface area (Å²) >= 11 is 0. The van der Waals surface area contributed by atoms with Gasteiger partial charge in [-0.3, -0.25) is 4.79 Å². The van der Waals surface area contributed by atoms with Crippen molar-refractivity contribution in [2.75, 3.05) is 6.61 Å². The third kappa shape index (κ3) is 2.19. The van der Waals surface area contributed by atoms with Crippen LogP contribution in [-0.2, 0) is 4.74 Å². The fourth-order valence-corrected chi connectivity index (χ4v) is 3.03. The lowest BCUT2D eigenvalue weighted by Crippen LogP contribution is -2.72. The third-order valence-corrected chi connectivity index (χ3v) is 4.15. The molecule has 0 bridgehead atoms. The number of halogens is 2. The van der Waals surface area contributed by atoms with Gasteiger partial charge in [0.15, 0.2) is 0 Å². The summed E-state index contributed by atoms with van der Waals surface area (Å²) in [5.74, 6) is -1.92. The lowest BCUT2D eigenvalue weighted by molar-refractivity contribution is -0.117. The molecule has 4 unspecified atom stereocenters. The summed E-state index contributed by atoms with van der Waals surface area (Å²) in [5, 5.41) is 2.69. The summed E-state index contributed by atoms with van der Waals surface area (Å²) < 4.78 is 32.0. The van der Waals surface area contributed by atoms with Crippen LogP contribution in [-0.4, -0.2) is 30.7 Å². The Hall–Kier alpha value is -1.53. The van der Waals surface area contributed by atoms with Crippen LogP contribution in [0.1, 0.15) is 23.2 Å². The molecule has 4 atom stereocenters. The molecule has 2 fully saturated rings. The summed E-state index contributed by atoms with van der Waals surface area (Å²) in [7, 11) is 0. The van der Waals surface area contributed by atoms with Crippen molar-refractivity contribution in [1.82, 2.24) is 5.32 Å². The topological polar surface area (TPSA) is 64.3 Å². The Bertz CT molecular complexity index is 538. The van der Waals surface area contributed by atoms with Crippen LogP contribution in [0.3, 0.4) is 0 Å². The molecule has 1 aromatic rings. The Morgan fingerprint density at radius 3 is 2.95 bits per heavy atom. The normalized spacial score (nSPS) is 32.1. The molecule has 2 aliphatic rings. The highest BCUT2D eigenvalue weighted by Gasteiger charge is 2.51. The van der Waals surface area contributed by atoms with E-state index in [0.29, 0.717) is 12.7 Å². The van der Waals surface area contributed by atoms with E-state index in [1.807, 2.05) is 0 Å². The maximum absolute atomic E-state index is 13.5. The molecule has 0 radical (unpaired) electrons. The van der Waals surface area contributed by atoms with Gasteiger partial charge in [-0.05, 0) is 25.0 Å². The Morgan fingerprint density at radius 1 is 1.40 bits per heavy atom. The van der Waals surface area contributed by atoms with Crippen molar-refractivity contribution in [2.45, 2.75) is 31.0 Å². The standard InChI is InChI=1S/C14H16F2N2O2/c15-7-3-4-8(10(16)6-7)14(19)18-12-11(17)9-2-1-5-20-13(9)12/h3-4,6,9,11-13H,1-2,5,17H2,(H,18,19). The zero-order valence-electron chi connectivity index (χ0n) is 10.8. The SMILES string of the molecule is NC1C2CCCOC2C1NC(=O)c1ccc(F)cc1F. The summed E-state index contributed by atoms with van der Waals surface area (Å²) in [5.41, 5.74) is 5.83. The second-order valence-corrected chi connectivity index (χ2v) is 5.34. The molecule has 1 saturated carbocycles. The summed E-state index contributed by atoms with van der Waals surface area (Å²) in [6, 6.07) is 2.39. The van der Waals surface area contributed by atoms with Crippen molar-refractivity contribution in [3.8, 4) is 0 Å². The number of hydrogen-bond acceptors (Lipinski definition) is 3. The second kappa shape index (κ2) is 5.10. The molecule has 20 heavy (non-hydrogen) atoms. The minimum absolute atomic E-state index is 0.0915. The van der Waals surface area contributed by atoms with Gasteiger partial charge in [0.25, 0.3) is 5.91 Å². The van der Waals surface area contributed by atoms with Crippen molar-refractivity contribution in [2.24, 2.45) is 11.7 Å². The Labute approximate surface area is 115 Å². The molecular weight excluding hydrogens is 266 g/mol. The van der Waals surface area contributed by atoms with Crippen LogP contribution in [0.15, 0.2) is 18.2 Å². The average Bonchev–Trinajstić information content (AvgIpc) is 2.44. The minimum atomic E-state index is -0.878. The first kappa shape index (κ1) is 13.5. The maximum atomic E-state index is 13.5. The number of hydrogen-bond donors (Lipinski definition) is 2. The van der Waals surface area contributed by atoms with E-state index in [0.717, 1.165) is 25.0 Å². The first-order valence-electron chi connectivity index (χ1n) is 6.71. The van der Waals surface area contributed by atoms with Gasteiger partial charge >= 0.3 is 0 Å². The molecule has 1 heterocycles. The van der Waals surface area contributed by atoms with Crippen LogP contribution < -0.4 is 11.1 Å². The van der Waals surface area contributed by atoms with E-state index in [1.165, 1.54) is 0 Å². The van der Waals surface area contributed by atoms with Crippen LogP contribution in [0.4, 0.5) is 8.78 Å². The molecule has 3 N–H and O–H groups in total.